The summed E-state index contributed by atoms with van der Waals surface area (Å²) >= 11 is 0. The van der Waals surface area contributed by atoms with Crippen LogP contribution in [0.2, 0.25) is 0 Å². The lowest BCUT2D eigenvalue weighted by Gasteiger charge is -2.09. The second-order valence-electron chi connectivity index (χ2n) is 6.95. The van der Waals surface area contributed by atoms with Gasteiger partial charge in [0.05, 0.1) is 19.3 Å². The van der Waals surface area contributed by atoms with Gasteiger partial charge < -0.3 is 18.5 Å². The highest BCUT2D eigenvalue weighted by Gasteiger charge is 2.18. The first-order chi connectivity index (χ1) is 13.4. The number of nitrogens with zero attached hydrogens (tertiary/aromatic N) is 1. The molecule has 2 aromatic heterocycles. The van der Waals surface area contributed by atoms with Crippen molar-refractivity contribution in [2.45, 2.75) is 33.7 Å². The summed E-state index contributed by atoms with van der Waals surface area (Å²) in [7, 11) is 1.64. The number of methoxy groups -OCH3 is 1. The van der Waals surface area contributed by atoms with Crippen molar-refractivity contribution in [1.82, 2.24) is 4.57 Å². The zero-order valence-electron chi connectivity index (χ0n) is 16.7. The average Bonchev–Trinajstić information content (AvgIpc) is 3.18. The lowest BCUT2D eigenvalue weighted by molar-refractivity contribution is -0.141. The van der Waals surface area contributed by atoms with Crippen molar-refractivity contribution in [3.63, 3.8) is 0 Å². The van der Waals surface area contributed by atoms with E-state index in [0.29, 0.717) is 18.7 Å². The fraction of sp³-hybridized carbons (Fsp3) is 0.364. The highest BCUT2D eigenvalue weighted by Crippen LogP contribution is 2.23. The van der Waals surface area contributed by atoms with Crippen LogP contribution in [0, 0.1) is 20.8 Å². The number of aryl methyl sites for hydroxylation is 2. The van der Waals surface area contributed by atoms with Crippen molar-refractivity contribution in [1.29, 1.82) is 0 Å². The molecule has 0 aliphatic rings. The normalized spacial score (nSPS) is 11.1. The van der Waals surface area contributed by atoms with Gasteiger partial charge in [0.1, 0.15) is 5.58 Å². The van der Waals surface area contributed by atoms with E-state index in [-0.39, 0.29) is 18.8 Å². The average molecular weight is 383 g/mol. The SMILES string of the molecule is COCCn1c(C)cc(C(=O)COC(=O)Cc2coc3cc(C)ccc23)c1C. The number of rotatable bonds is 8. The molecule has 0 radical (unpaired) electrons. The maximum atomic E-state index is 12.5. The van der Waals surface area contributed by atoms with Crippen LogP contribution in [0.1, 0.15) is 32.9 Å². The minimum atomic E-state index is -0.454. The first-order valence-corrected chi connectivity index (χ1v) is 9.22. The van der Waals surface area contributed by atoms with Crippen molar-refractivity contribution in [3.8, 4) is 0 Å². The van der Waals surface area contributed by atoms with E-state index in [1.807, 2.05) is 49.6 Å². The molecule has 3 aromatic rings. The molecule has 3 rings (SSSR count). The predicted molar refractivity (Wildman–Crippen MR) is 106 cm³/mol. The van der Waals surface area contributed by atoms with E-state index in [2.05, 4.69) is 0 Å². The van der Waals surface area contributed by atoms with Gasteiger partial charge in [-0.25, -0.2) is 0 Å². The summed E-state index contributed by atoms with van der Waals surface area (Å²) in [5.74, 6) is -0.664. The fourth-order valence-corrected chi connectivity index (χ4v) is 3.37. The number of hydrogen-bond donors (Lipinski definition) is 0. The Hall–Kier alpha value is -2.86. The molecule has 6 heteroatoms. The number of carbonyl (C=O) groups is 2. The lowest BCUT2D eigenvalue weighted by atomic mass is 10.1. The van der Waals surface area contributed by atoms with Gasteiger partial charge in [-0.15, -0.1) is 0 Å². The summed E-state index contributed by atoms with van der Waals surface area (Å²) in [5.41, 5.74) is 4.99. The van der Waals surface area contributed by atoms with Crippen molar-refractivity contribution >= 4 is 22.7 Å². The lowest BCUT2D eigenvalue weighted by Crippen LogP contribution is -2.16. The van der Waals surface area contributed by atoms with Crippen molar-refractivity contribution < 1.29 is 23.5 Å². The van der Waals surface area contributed by atoms with Gasteiger partial charge >= 0.3 is 5.97 Å². The Labute approximate surface area is 164 Å². The number of benzene rings is 1. The van der Waals surface area contributed by atoms with Gasteiger partial charge in [-0.05, 0) is 38.5 Å². The second kappa shape index (κ2) is 8.44. The summed E-state index contributed by atoms with van der Waals surface area (Å²) in [4.78, 5) is 24.7. The molecule has 0 aliphatic heterocycles. The van der Waals surface area contributed by atoms with Crippen LogP contribution in [0.5, 0.6) is 0 Å². The van der Waals surface area contributed by atoms with Gasteiger partial charge in [-0.2, -0.15) is 0 Å². The second-order valence-corrected chi connectivity index (χ2v) is 6.95. The van der Waals surface area contributed by atoms with E-state index in [1.165, 1.54) is 0 Å². The highest BCUT2D eigenvalue weighted by molar-refractivity contribution is 5.99. The predicted octanol–water partition coefficient (Wildman–Crippen LogP) is 3.77. The Balaban J connectivity index is 1.62. The topological polar surface area (TPSA) is 70.7 Å². The maximum absolute atomic E-state index is 12.5. The Morgan fingerprint density at radius 1 is 1.14 bits per heavy atom. The number of hydrogen-bond acceptors (Lipinski definition) is 5. The number of Topliss-reactive ketones (excluding diaryl/α,β-unsaturated/α-hetero) is 1. The molecular weight excluding hydrogens is 358 g/mol. The maximum Gasteiger partial charge on any atom is 0.310 e. The first-order valence-electron chi connectivity index (χ1n) is 9.22. The fourth-order valence-electron chi connectivity index (χ4n) is 3.37. The highest BCUT2D eigenvalue weighted by atomic mass is 16.5. The van der Waals surface area contributed by atoms with Gasteiger partial charge in [-0.3, -0.25) is 9.59 Å². The number of aromatic nitrogens is 1. The smallest absolute Gasteiger partial charge is 0.310 e. The molecule has 0 amide bonds. The standard InChI is InChI=1S/C22H25NO5/c1-14-5-6-18-17(12-27-21(18)9-14)11-22(25)28-13-20(24)19-10-15(2)23(16(19)3)7-8-26-4/h5-6,9-10,12H,7-8,11,13H2,1-4H3. The number of furan rings is 1. The molecule has 1 aromatic carbocycles. The molecule has 0 spiro atoms. The third-order valence-electron chi connectivity index (χ3n) is 4.90. The third kappa shape index (κ3) is 4.17. The summed E-state index contributed by atoms with van der Waals surface area (Å²) in [6.45, 7) is 6.77. The van der Waals surface area contributed by atoms with E-state index in [1.54, 1.807) is 13.4 Å². The Morgan fingerprint density at radius 2 is 1.93 bits per heavy atom. The molecule has 2 heterocycles. The third-order valence-corrected chi connectivity index (χ3v) is 4.90. The molecule has 0 saturated heterocycles. The largest absolute Gasteiger partial charge is 0.464 e. The van der Waals surface area contributed by atoms with E-state index in [0.717, 1.165) is 33.5 Å². The van der Waals surface area contributed by atoms with E-state index in [9.17, 15) is 9.59 Å². The summed E-state index contributed by atoms with van der Waals surface area (Å²) in [6.07, 6.45) is 1.63. The molecular formula is C22H25NO5. The van der Waals surface area contributed by atoms with Gasteiger partial charge in [0.25, 0.3) is 0 Å². The monoisotopic (exact) mass is 383 g/mol. The molecule has 0 fully saturated rings. The zero-order valence-corrected chi connectivity index (χ0v) is 16.7. The summed E-state index contributed by atoms with van der Waals surface area (Å²) < 4.78 is 17.9. The van der Waals surface area contributed by atoms with Crippen LogP contribution in [0.15, 0.2) is 34.9 Å². The molecule has 28 heavy (non-hydrogen) atoms. The molecule has 0 bridgehead atoms. The van der Waals surface area contributed by atoms with E-state index >= 15 is 0 Å². The van der Waals surface area contributed by atoms with Gasteiger partial charge in [-0.1, -0.05) is 12.1 Å². The van der Waals surface area contributed by atoms with Crippen LogP contribution >= 0.6 is 0 Å². The van der Waals surface area contributed by atoms with Gasteiger partial charge in [0, 0.05) is 41.6 Å². The number of esters is 1. The molecule has 6 nitrogen and oxygen atoms in total. The van der Waals surface area contributed by atoms with Crippen LogP contribution < -0.4 is 0 Å². The molecule has 0 N–H and O–H groups in total. The minimum Gasteiger partial charge on any atom is -0.464 e. The molecule has 0 atom stereocenters. The number of fused-ring (bicyclic) bond motifs is 1. The van der Waals surface area contributed by atoms with E-state index < -0.39 is 5.97 Å². The van der Waals surface area contributed by atoms with Crippen molar-refractivity contribution in [3.05, 3.63) is 58.6 Å². The van der Waals surface area contributed by atoms with Gasteiger partial charge in [0.2, 0.25) is 5.78 Å². The van der Waals surface area contributed by atoms with Crippen molar-refractivity contribution in [2.24, 2.45) is 0 Å². The van der Waals surface area contributed by atoms with Crippen LogP contribution in [0.25, 0.3) is 11.0 Å². The first kappa shape index (κ1) is 19.9. The molecule has 0 saturated carbocycles. The number of carbonyl (C=O) groups excluding carboxylic acids is 2. The Kier molecular flexibility index (Phi) is 5.99. The van der Waals surface area contributed by atoms with Crippen LogP contribution in [-0.2, 0) is 27.2 Å². The number of ether oxygens (including phenoxy) is 2. The number of ketones is 1. The van der Waals surface area contributed by atoms with Crippen LogP contribution in [-0.4, -0.2) is 36.6 Å². The Morgan fingerprint density at radius 3 is 2.68 bits per heavy atom. The summed E-state index contributed by atoms with van der Waals surface area (Å²) in [6, 6.07) is 7.65. The van der Waals surface area contributed by atoms with Gasteiger partial charge in [0.15, 0.2) is 6.61 Å². The van der Waals surface area contributed by atoms with Crippen LogP contribution in [0.3, 0.4) is 0 Å². The molecule has 0 unspecified atom stereocenters. The van der Waals surface area contributed by atoms with Crippen molar-refractivity contribution in [2.75, 3.05) is 20.3 Å². The quantitative estimate of drug-likeness (QED) is 0.437. The Bertz CT molecular complexity index is 1010. The van der Waals surface area contributed by atoms with Crippen LogP contribution in [0.4, 0.5) is 0 Å². The zero-order chi connectivity index (χ0) is 20.3. The molecule has 0 aliphatic carbocycles. The minimum absolute atomic E-state index is 0.0657. The van der Waals surface area contributed by atoms with E-state index in [4.69, 9.17) is 13.9 Å². The molecule has 148 valence electrons. The summed E-state index contributed by atoms with van der Waals surface area (Å²) in [5, 5.41) is 0.885.